The third kappa shape index (κ3) is 6.44. The number of aliphatic carboxylic acids is 2. The molecule has 0 amide bonds. The van der Waals surface area contributed by atoms with Gasteiger partial charge in [-0.25, -0.2) is 9.59 Å². The van der Waals surface area contributed by atoms with Crippen LogP contribution in [-0.4, -0.2) is 53.4 Å². The zero-order valence-electron chi connectivity index (χ0n) is 15.8. The lowest BCUT2D eigenvalue weighted by molar-refractivity contribution is -0.159. The average molecular weight is 401 g/mol. The highest BCUT2D eigenvalue weighted by molar-refractivity contribution is 8.08. The van der Waals surface area contributed by atoms with Crippen LogP contribution in [0, 0.1) is 0 Å². The molecule has 0 aromatic heterocycles. The quantitative estimate of drug-likeness (QED) is 0.575. The van der Waals surface area contributed by atoms with Crippen molar-refractivity contribution in [2.45, 2.75) is 6.42 Å². The number of benzene rings is 2. The molecule has 0 aliphatic carbocycles. The lowest BCUT2D eigenvalue weighted by atomic mass is 10.1. The lowest BCUT2D eigenvalue weighted by Gasteiger charge is -2.12. The van der Waals surface area contributed by atoms with Crippen LogP contribution in [0.25, 0.3) is 11.0 Å². The topological polar surface area (TPSA) is 87.1 Å². The largest absolute Gasteiger partial charge is 0.473 e. The third-order valence-corrected chi connectivity index (χ3v) is 4.91. The molecular weight excluding hydrogens is 378 g/mol. The molecule has 0 atom stereocenters. The summed E-state index contributed by atoms with van der Waals surface area (Å²) in [5.41, 5.74) is 2.34. The number of carboxylic acid groups (broad SMARTS) is 2. The fourth-order valence-corrected chi connectivity index (χ4v) is 3.50. The van der Waals surface area contributed by atoms with Gasteiger partial charge in [-0.05, 0) is 51.0 Å². The molecular formula is C21H23NO5S. The summed E-state index contributed by atoms with van der Waals surface area (Å²) in [4.78, 5) is 21.7. The van der Waals surface area contributed by atoms with Gasteiger partial charge in [0.15, 0.2) is 0 Å². The first-order chi connectivity index (χ1) is 13.4. The van der Waals surface area contributed by atoms with E-state index >= 15 is 0 Å². The zero-order valence-corrected chi connectivity index (χ0v) is 16.6. The standard InChI is InChI=1S/C19H21NOS.C2H2O4/c1-20(2)12-7-13-22-19-14-15-8-3-5-10-17(15)21-18-11-6-4-9-16(18)19;3-1(4)2(5)6/h3-6,8-11,14H,7,12-13H2,1-2H3;(H,3,4)(H,5,6). The second-order valence-electron chi connectivity index (χ2n) is 6.26. The maximum atomic E-state index is 9.10. The van der Waals surface area contributed by atoms with Crippen molar-refractivity contribution in [1.82, 2.24) is 4.90 Å². The van der Waals surface area contributed by atoms with Crippen LogP contribution < -0.4 is 4.74 Å². The molecule has 2 N–H and O–H groups in total. The van der Waals surface area contributed by atoms with Gasteiger partial charge < -0.3 is 19.8 Å². The predicted molar refractivity (Wildman–Crippen MR) is 112 cm³/mol. The Hall–Kier alpha value is -2.77. The number of nitrogens with zero attached hydrogens (tertiary/aromatic N) is 1. The van der Waals surface area contributed by atoms with Crippen LogP contribution in [0.2, 0.25) is 0 Å². The Morgan fingerprint density at radius 1 is 0.964 bits per heavy atom. The van der Waals surface area contributed by atoms with Gasteiger partial charge in [0.25, 0.3) is 0 Å². The summed E-state index contributed by atoms with van der Waals surface area (Å²) in [6, 6.07) is 16.5. The minimum absolute atomic E-state index is 0.929. The van der Waals surface area contributed by atoms with E-state index in [-0.39, 0.29) is 0 Å². The third-order valence-electron chi connectivity index (χ3n) is 3.77. The van der Waals surface area contributed by atoms with E-state index in [0.717, 1.165) is 29.4 Å². The normalized spacial score (nSPS) is 11.8. The molecule has 148 valence electrons. The summed E-state index contributed by atoms with van der Waals surface area (Å²) >= 11 is 1.91. The fourth-order valence-electron chi connectivity index (χ4n) is 2.47. The van der Waals surface area contributed by atoms with E-state index in [4.69, 9.17) is 24.5 Å². The van der Waals surface area contributed by atoms with Gasteiger partial charge in [-0.3, -0.25) is 0 Å². The molecule has 0 fully saturated rings. The molecule has 2 aromatic carbocycles. The molecule has 0 saturated heterocycles. The van der Waals surface area contributed by atoms with Crippen LogP contribution in [-0.2, 0) is 9.59 Å². The second-order valence-corrected chi connectivity index (χ2v) is 7.40. The highest BCUT2D eigenvalue weighted by atomic mass is 32.2. The van der Waals surface area contributed by atoms with Crippen molar-refractivity contribution in [2.24, 2.45) is 0 Å². The monoisotopic (exact) mass is 401 g/mol. The number of hydrogen-bond acceptors (Lipinski definition) is 5. The number of fused-ring (bicyclic) bond motifs is 2. The Labute approximate surface area is 168 Å². The van der Waals surface area contributed by atoms with Crippen molar-refractivity contribution in [3.05, 3.63) is 59.7 Å². The first-order valence-electron chi connectivity index (χ1n) is 8.70. The van der Waals surface area contributed by atoms with Gasteiger partial charge in [0.1, 0.15) is 11.5 Å². The van der Waals surface area contributed by atoms with Gasteiger partial charge in [-0.1, -0.05) is 36.4 Å². The van der Waals surface area contributed by atoms with Crippen molar-refractivity contribution in [1.29, 1.82) is 0 Å². The van der Waals surface area contributed by atoms with E-state index < -0.39 is 11.9 Å². The Morgan fingerprint density at radius 2 is 1.57 bits per heavy atom. The van der Waals surface area contributed by atoms with Crippen molar-refractivity contribution in [3.8, 4) is 11.5 Å². The Morgan fingerprint density at radius 3 is 2.21 bits per heavy atom. The number of thioether (sulfide) groups is 1. The molecule has 0 unspecified atom stereocenters. The van der Waals surface area contributed by atoms with Crippen LogP contribution in [0.3, 0.4) is 0 Å². The minimum atomic E-state index is -1.82. The summed E-state index contributed by atoms with van der Waals surface area (Å²) < 4.78 is 6.10. The van der Waals surface area contributed by atoms with E-state index in [2.05, 4.69) is 49.3 Å². The number of carboxylic acids is 2. The molecule has 1 aliphatic heterocycles. The number of rotatable bonds is 5. The minimum Gasteiger partial charge on any atom is -0.473 e. The molecule has 3 rings (SSSR count). The summed E-state index contributed by atoms with van der Waals surface area (Å²) in [6.07, 6.45) is 3.43. The fraction of sp³-hybridized carbons (Fsp3) is 0.238. The molecule has 0 spiro atoms. The molecule has 1 aliphatic rings. The second kappa shape index (κ2) is 10.5. The maximum Gasteiger partial charge on any atom is 0.414 e. The lowest BCUT2D eigenvalue weighted by Crippen LogP contribution is -2.13. The van der Waals surface area contributed by atoms with Crippen LogP contribution in [0.1, 0.15) is 17.5 Å². The maximum absolute atomic E-state index is 9.10. The Kier molecular flexibility index (Phi) is 8.10. The molecule has 2 aromatic rings. The van der Waals surface area contributed by atoms with Crippen LogP contribution in [0.4, 0.5) is 0 Å². The van der Waals surface area contributed by atoms with E-state index in [1.54, 1.807) is 0 Å². The molecule has 6 nitrogen and oxygen atoms in total. The van der Waals surface area contributed by atoms with E-state index in [9.17, 15) is 0 Å². The number of ether oxygens (including phenoxy) is 1. The molecule has 0 bridgehead atoms. The van der Waals surface area contributed by atoms with Gasteiger partial charge >= 0.3 is 11.9 Å². The Balaban J connectivity index is 0.000000409. The number of carbonyl (C=O) groups is 2. The average Bonchev–Trinajstić information content (AvgIpc) is 2.82. The molecule has 1 heterocycles. The highest BCUT2D eigenvalue weighted by Gasteiger charge is 2.16. The van der Waals surface area contributed by atoms with Gasteiger partial charge in [0.2, 0.25) is 0 Å². The van der Waals surface area contributed by atoms with Crippen molar-refractivity contribution in [3.63, 3.8) is 0 Å². The van der Waals surface area contributed by atoms with Gasteiger partial charge in [0, 0.05) is 16.0 Å². The SMILES string of the molecule is CN(C)CCCSC1=Cc2ccccc2Oc2ccccc21.O=C(O)C(=O)O. The number of hydrogen-bond donors (Lipinski definition) is 2. The van der Waals surface area contributed by atoms with E-state index in [0.29, 0.717) is 0 Å². The summed E-state index contributed by atoms with van der Waals surface area (Å²) in [5, 5.41) is 14.8. The van der Waals surface area contributed by atoms with Crippen LogP contribution in [0.5, 0.6) is 11.5 Å². The van der Waals surface area contributed by atoms with Crippen LogP contribution >= 0.6 is 11.8 Å². The van der Waals surface area contributed by atoms with Gasteiger partial charge in [0.05, 0.1) is 0 Å². The highest BCUT2D eigenvalue weighted by Crippen LogP contribution is 2.42. The number of para-hydroxylation sites is 2. The van der Waals surface area contributed by atoms with Gasteiger partial charge in [-0.2, -0.15) is 0 Å². The summed E-state index contributed by atoms with van der Waals surface area (Å²) in [7, 11) is 4.24. The summed E-state index contributed by atoms with van der Waals surface area (Å²) in [6.45, 7) is 1.12. The molecule has 28 heavy (non-hydrogen) atoms. The van der Waals surface area contributed by atoms with E-state index in [1.807, 2.05) is 36.0 Å². The smallest absolute Gasteiger partial charge is 0.414 e. The zero-order chi connectivity index (χ0) is 20.5. The molecule has 0 radical (unpaired) electrons. The van der Waals surface area contributed by atoms with Crippen molar-refractivity contribution >= 4 is 34.7 Å². The summed E-state index contributed by atoms with van der Waals surface area (Å²) in [5.74, 6) is -0.664. The first-order valence-corrected chi connectivity index (χ1v) is 9.68. The Bertz CT molecular complexity index is 851. The van der Waals surface area contributed by atoms with Crippen LogP contribution in [0.15, 0.2) is 48.5 Å². The van der Waals surface area contributed by atoms with Crippen molar-refractivity contribution < 1.29 is 24.5 Å². The predicted octanol–water partition coefficient (Wildman–Crippen LogP) is 4.13. The first kappa shape index (κ1) is 21.5. The molecule has 0 saturated carbocycles. The van der Waals surface area contributed by atoms with Crippen molar-refractivity contribution in [2.75, 3.05) is 26.4 Å². The van der Waals surface area contributed by atoms with Gasteiger partial charge in [-0.15, -0.1) is 11.8 Å². The van der Waals surface area contributed by atoms with E-state index in [1.165, 1.54) is 16.9 Å². The molecule has 7 heteroatoms.